The Hall–Kier alpha value is -1.75. The van der Waals surface area contributed by atoms with Gasteiger partial charge >= 0.3 is 5.97 Å². The molecule has 2 bridgehead atoms. The highest BCUT2D eigenvalue weighted by Crippen LogP contribution is 2.58. The summed E-state index contributed by atoms with van der Waals surface area (Å²) in [5.74, 6) is -2.48. The fourth-order valence-corrected chi connectivity index (χ4v) is 5.57. The number of amides is 2. The first-order valence-electron chi connectivity index (χ1n) is 10.9. The van der Waals surface area contributed by atoms with Crippen molar-refractivity contribution >= 4 is 17.8 Å². The SMILES string of the molecule is CCOC(=O)[C@@H]1[C@@H]2CC[C@]3(O2)[C@H](C(=O)NCCN2CCOCC2)N(CCO)C(=O)[C@@H]13. The minimum absolute atomic E-state index is 0.0300. The van der Waals surface area contributed by atoms with Crippen LogP contribution in [-0.2, 0) is 28.6 Å². The van der Waals surface area contributed by atoms with E-state index in [1.165, 1.54) is 4.90 Å². The Kier molecular flexibility index (Phi) is 6.29. The van der Waals surface area contributed by atoms with E-state index in [2.05, 4.69) is 10.2 Å². The minimum Gasteiger partial charge on any atom is -0.466 e. The molecule has 1 spiro atoms. The van der Waals surface area contributed by atoms with Crippen molar-refractivity contribution < 1.29 is 33.7 Å². The summed E-state index contributed by atoms with van der Waals surface area (Å²) in [6.07, 6.45) is 0.739. The van der Waals surface area contributed by atoms with Gasteiger partial charge in [0.2, 0.25) is 11.8 Å². The Bertz CT molecular complexity index is 683. The van der Waals surface area contributed by atoms with Crippen molar-refractivity contribution in [1.29, 1.82) is 0 Å². The minimum atomic E-state index is -1.03. The van der Waals surface area contributed by atoms with Gasteiger partial charge < -0.3 is 29.5 Å². The highest BCUT2D eigenvalue weighted by Gasteiger charge is 2.74. The van der Waals surface area contributed by atoms with Crippen LogP contribution in [0.5, 0.6) is 0 Å². The van der Waals surface area contributed by atoms with Gasteiger partial charge in [0.15, 0.2) is 0 Å². The van der Waals surface area contributed by atoms with E-state index in [0.717, 1.165) is 13.1 Å². The number of hydrogen-bond donors (Lipinski definition) is 2. The average Bonchev–Trinajstić information content (AvgIpc) is 3.37. The summed E-state index contributed by atoms with van der Waals surface area (Å²) in [6, 6.07) is -0.851. The summed E-state index contributed by atoms with van der Waals surface area (Å²) in [5, 5.41) is 12.5. The molecule has 0 unspecified atom stereocenters. The van der Waals surface area contributed by atoms with Crippen LogP contribution in [0.3, 0.4) is 0 Å². The molecule has 2 N–H and O–H groups in total. The topological polar surface area (TPSA) is 118 Å². The molecular formula is C20H31N3O7. The molecule has 4 aliphatic heterocycles. The summed E-state index contributed by atoms with van der Waals surface area (Å²) in [6.45, 7) is 5.88. The van der Waals surface area contributed by atoms with E-state index in [-0.39, 0.29) is 31.6 Å². The molecule has 0 aromatic carbocycles. The predicted molar refractivity (Wildman–Crippen MR) is 103 cm³/mol. The van der Waals surface area contributed by atoms with Crippen molar-refractivity contribution in [3.63, 3.8) is 0 Å². The van der Waals surface area contributed by atoms with Gasteiger partial charge in [0.05, 0.1) is 44.4 Å². The fraction of sp³-hybridized carbons (Fsp3) is 0.850. The van der Waals surface area contributed by atoms with Crippen LogP contribution in [0.25, 0.3) is 0 Å². The van der Waals surface area contributed by atoms with Gasteiger partial charge in [0, 0.05) is 32.7 Å². The summed E-state index contributed by atoms with van der Waals surface area (Å²) >= 11 is 0. The number of aliphatic hydroxyl groups is 1. The van der Waals surface area contributed by atoms with Crippen LogP contribution in [0, 0.1) is 11.8 Å². The number of esters is 1. The zero-order valence-corrected chi connectivity index (χ0v) is 17.4. The van der Waals surface area contributed by atoms with Gasteiger partial charge in [-0.1, -0.05) is 0 Å². The second kappa shape index (κ2) is 8.78. The van der Waals surface area contributed by atoms with Crippen LogP contribution in [0.1, 0.15) is 19.8 Å². The van der Waals surface area contributed by atoms with Crippen LogP contribution in [0.4, 0.5) is 0 Å². The molecule has 4 rings (SSSR count). The number of carbonyl (C=O) groups excluding carboxylic acids is 3. The third-order valence-electron chi connectivity index (χ3n) is 6.78. The maximum absolute atomic E-state index is 13.2. The summed E-state index contributed by atoms with van der Waals surface area (Å²) in [4.78, 5) is 42.6. The molecule has 10 nitrogen and oxygen atoms in total. The van der Waals surface area contributed by atoms with E-state index in [4.69, 9.17) is 14.2 Å². The van der Waals surface area contributed by atoms with Gasteiger partial charge in [0.25, 0.3) is 0 Å². The van der Waals surface area contributed by atoms with E-state index in [1.54, 1.807) is 6.92 Å². The standard InChI is InChI=1S/C20H31N3O7/c1-2-29-19(27)14-13-3-4-20(30-13)15(14)18(26)23(7-10-24)16(20)17(25)21-5-6-22-8-11-28-12-9-22/h13-16,24H,2-12H2,1H3,(H,21,25)/t13-,14+,15+,16-,20+/m0/s1. The van der Waals surface area contributed by atoms with Gasteiger partial charge in [0.1, 0.15) is 11.6 Å². The van der Waals surface area contributed by atoms with Gasteiger partial charge in [-0.2, -0.15) is 0 Å². The second-order valence-electron chi connectivity index (χ2n) is 8.31. The van der Waals surface area contributed by atoms with E-state index in [0.29, 0.717) is 39.1 Å². The molecule has 4 aliphatic rings. The van der Waals surface area contributed by atoms with E-state index >= 15 is 0 Å². The Labute approximate surface area is 175 Å². The average molecular weight is 425 g/mol. The van der Waals surface area contributed by atoms with Gasteiger partial charge in [-0.05, 0) is 19.8 Å². The largest absolute Gasteiger partial charge is 0.466 e. The van der Waals surface area contributed by atoms with E-state index < -0.39 is 35.6 Å². The molecule has 0 radical (unpaired) electrons. The van der Waals surface area contributed by atoms with Crippen molar-refractivity contribution in [1.82, 2.24) is 15.1 Å². The van der Waals surface area contributed by atoms with Crippen molar-refractivity contribution in [3.8, 4) is 0 Å². The number of hydrogen-bond acceptors (Lipinski definition) is 8. The molecule has 4 fully saturated rings. The van der Waals surface area contributed by atoms with Gasteiger partial charge in [-0.15, -0.1) is 0 Å². The number of carbonyl (C=O) groups is 3. The molecule has 5 atom stereocenters. The van der Waals surface area contributed by atoms with Crippen LogP contribution >= 0.6 is 0 Å². The Morgan fingerprint density at radius 3 is 2.77 bits per heavy atom. The third-order valence-corrected chi connectivity index (χ3v) is 6.78. The molecule has 4 heterocycles. The number of nitrogens with zero attached hydrogens (tertiary/aromatic N) is 2. The van der Waals surface area contributed by atoms with Crippen LogP contribution in [0.2, 0.25) is 0 Å². The molecule has 30 heavy (non-hydrogen) atoms. The molecule has 0 aliphatic carbocycles. The first-order valence-corrected chi connectivity index (χ1v) is 10.9. The fourth-order valence-electron chi connectivity index (χ4n) is 5.57. The van der Waals surface area contributed by atoms with Crippen molar-refractivity contribution in [2.24, 2.45) is 11.8 Å². The smallest absolute Gasteiger partial charge is 0.312 e. The molecule has 10 heteroatoms. The number of fused-ring (bicyclic) bond motifs is 1. The second-order valence-corrected chi connectivity index (χ2v) is 8.31. The van der Waals surface area contributed by atoms with Gasteiger partial charge in [-0.25, -0.2) is 0 Å². The van der Waals surface area contributed by atoms with Gasteiger partial charge in [-0.3, -0.25) is 19.3 Å². The van der Waals surface area contributed by atoms with E-state index in [1.807, 2.05) is 0 Å². The summed E-state index contributed by atoms with van der Waals surface area (Å²) in [5.41, 5.74) is -1.03. The first-order chi connectivity index (χ1) is 14.5. The quantitative estimate of drug-likeness (QED) is 0.445. The van der Waals surface area contributed by atoms with E-state index in [9.17, 15) is 19.5 Å². The number of ether oxygens (including phenoxy) is 3. The number of nitrogens with one attached hydrogen (secondary N) is 1. The Balaban J connectivity index is 1.50. The monoisotopic (exact) mass is 425 g/mol. The van der Waals surface area contributed by atoms with Crippen LogP contribution in [-0.4, -0.2) is 110 Å². The van der Waals surface area contributed by atoms with Crippen molar-refractivity contribution in [2.75, 3.05) is 59.2 Å². The molecule has 2 amide bonds. The Morgan fingerprint density at radius 2 is 2.07 bits per heavy atom. The predicted octanol–water partition coefficient (Wildman–Crippen LogP) is -1.64. The maximum atomic E-state index is 13.2. The number of β-amino-alcohol motifs (C(OH)–C–C–N with tert-alkyl or cyclic N) is 1. The summed E-state index contributed by atoms with van der Waals surface area (Å²) < 4.78 is 16.7. The normalized spacial score (nSPS) is 35.5. The highest BCUT2D eigenvalue weighted by molar-refractivity contribution is 5.98. The van der Waals surface area contributed by atoms with Crippen molar-refractivity contribution in [2.45, 2.75) is 37.5 Å². The molecular weight excluding hydrogens is 394 g/mol. The lowest BCUT2D eigenvalue weighted by Gasteiger charge is -2.33. The first kappa shape index (κ1) is 21.5. The zero-order valence-electron chi connectivity index (χ0n) is 17.4. The maximum Gasteiger partial charge on any atom is 0.312 e. The zero-order chi connectivity index (χ0) is 21.3. The summed E-state index contributed by atoms with van der Waals surface area (Å²) in [7, 11) is 0. The lowest BCUT2D eigenvalue weighted by molar-refractivity contribution is -0.154. The van der Waals surface area contributed by atoms with Crippen molar-refractivity contribution in [3.05, 3.63) is 0 Å². The number of aliphatic hydroxyl groups excluding tert-OH is 1. The molecule has 168 valence electrons. The molecule has 0 aromatic heterocycles. The van der Waals surface area contributed by atoms with Crippen LogP contribution in [0.15, 0.2) is 0 Å². The number of rotatable bonds is 8. The molecule has 0 aromatic rings. The number of likely N-dealkylation sites (tertiary alicyclic amines) is 1. The Morgan fingerprint density at radius 1 is 1.30 bits per heavy atom. The third kappa shape index (κ3) is 3.49. The molecule has 0 saturated carbocycles. The lowest BCUT2D eigenvalue weighted by Crippen LogP contribution is -2.56. The molecule has 4 saturated heterocycles. The highest BCUT2D eigenvalue weighted by atomic mass is 16.6. The van der Waals surface area contributed by atoms with Crippen LogP contribution < -0.4 is 5.32 Å². The lowest BCUT2D eigenvalue weighted by atomic mass is 9.71. The number of morpholine rings is 1.